The zero-order chi connectivity index (χ0) is 22.5. The van der Waals surface area contributed by atoms with E-state index in [4.69, 9.17) is 96.2 Å². The first-order valence-corrected chi connectivity index (χ1v) is 11.2. The van der Waals surface area contributed by atoms with Crippen molar-refractivity contribution in [3.8, 4) is 0 Å². The minimum absolute atomic E-state index is 0. The van der Waals surface area contributed by atoms with Crippen molar-refractivity contribution in [2.75, 3.05) is 0 Å². The molecule has 7 N–H and O–H groups in total. The zero-order valence-corrected chi connectivity index (χ0v) is 19.3. The maximum atomic E-state index is 8.66. The SMILES string of the molecule is O.O=P([O-])([O-])O.O=P([O-])([O-])O.O=P([O-])([O-])O.O=P([O-])([O-])O.O=P([O-])([O-])O.[V+5].[V+5]. The number of rotatable bonds is 0. The van der Waals surface area contributed by atoms with Gasteiger partial charge in [-0.1, -0.05) is 0 Å². The Morgan fingerprint density at radius 3 is 0.357 bits per heavy atom. The summed E-state index contributed by atoms with van der Waals surface area (Å²) in [5, 5.41) is 0. The molecule has 0 aromatic heterocycles. The van der Waals surface area contributed by atoms with Crippen molar-refractivity contribution in [2.45, 2.75) is 0 Å². The van der Waals surface area contributed by atoms with Gasteiger partial charge in [0, 0.05) is 0 Å². The third-order valence-corrected chi connectivity index (χ3v) is 0. The van der Waals surface area contributed by atoms with Crippen LogP contribution in [0.4, 0.5) is 0 Å². The first-order chi connectivity index (χ1) is 10.0. The maximum Gasteiger partial charge on any atom is 5.00 e. The van der Waals surface area contributed by atoms with E-state index < -0.39 is 39.1 Å². The quantitative estimate of drug-likeness (QED) is 0.161. The van der Waals surface area contributed by atoms with Gasteiger partial charge in [0.25, 0.3) is 0 Å². The third kappa shape index (κ3) is 6990. The maximum absolute atomic E-state index is 8.66. The molecule has 21 nitrogen and oxygen atoms in total. The Labute approximate surface area is 178 Å². The second-order valence-corrected chi connectivity index (χ2v) is 7.03. The summed E-state index contributed by atoms with van der Waals surface area (Å²) in [6, 6.07) is 0. The van der Waals surface area contributed by atoms with E-state index in [0.29, 0.717) is 0 Å². The zero-order valence-electron chi connectivity index (χ0n) is 12.0. The van der Waals surface area contributed by atoms with Crippen LogP contribution in [0.25, 0.3) is 0 Å². The van der Waals surface area contributed by atoms with Gasteiger partial charge in [0.05, 0.1) is 39.1 Å². The van der Waals surface area contributed by atoms with Gasteiger partial charge in [-0.2, -0.15) is 0 Å². The van der Waals surface area contributed by atoms with Gasteiger partial charge in [0.2, 0.25) is 0 Å². The molecule has 0 spiro atoms. The van der Waals surface area contributed by atoms with E-state index >= 15 is 0 Å². The van der Waals surface area contributed by atoms with Crippen LogP contribution in [0.3, 0.4) is 0 Å². The first kappa shape index (κ1) is 51.9. The summed E-state index contributed by atoms with van der Waals surface area (Å²) < 4.78 is 43.3. The van der Waals surface area contributed by atoms with E-state index in [-0.39, 0.29) is 42.6 Å². The summed E-state index contributed by atoms with van der Waals surface area (Å²) in [6.07, 6.45) is 0. The van der Waals surface area contributed by atoms with Crippen LogP contribution in [0.5, 0.6) is 0 Å². The molecule has 0 aliphatic heterocycles. The summed E-state index contributed by atoms with van der Waals surface area (Å²) >= 11 is 0. The van der Waals surface area contributed by atoms with Crippen LogP contribution in [0, 0.1) is 0 Å². The molecular weight excluding hydrogens is 593 g/mol. The smallest absolute Gasteiger partial charge is 0.790 e. The summed E-state index contributed by atoms with van der Waals surface area (Å²) in [4.78, 5) is 121. The number of hydrogen-bond acceptors (Lipinski definition) is 15. The Balaban J connectivity index is -0.0000000290. The molecule has 0 heterocycles. The average molecular weight is 600 g/mol. The van der Waals surface area contributed by atoms with Crippen LogP contribution in [0.2, 0.25) is 0 Å². The predicted octanol–water partition coefficient (Wildman–Crippen LogP) is -11.8. The molecule has 0 aromatic carbocycles. The van der Waals surface area contributed by atoms with Gasteiger partial charge in [0.15, 0.2) is 0 Å². The van der Waals surface area contributed by atoms with E-state index in [9.17, 15) is 0 Å². The van der Waals surface area contributed by atoms with Crippen LogP contribution in [-0.2, 0) is 59.9 Å². The van der Waals surface area contributed by atoms with E-state index in [0.717, 1.165) is 0 Å². The monoisotopic (exact) mass is 600 g/mol. The molecule has 0 aromatic rings. The van der Waals surface area contributed by atoms with Crippen molar-refractivity contribution >= 4 is 39.1 Å². The van der Waals surface area contributed by atoms with Gasteiger partial charge < -0.3 is 102 Å². The molecule has 28 heteroatoms. The molecule has 0 radical (unpaired) electrons. The molecule has 0 fully saturated rings. The van der Waals surface area contributed by atoms with Gasteiger partial charge in [-0.15, -0.1) is 0 Å². The summed E-state index contributed by atoms with van der Waals surface area (Å²) in [7, 11) is -25.7. The summed E-state index contributed by atoms with van der Waals surface area (Å²) in [5.41, 5.74) is 0. The predicted molar refractivity (Wildman–Crippen MR) is 52.7 cm³/mol. The molecular formula is H7O21P5V2. The van der Waals surface area contributed by atoms with Crippen molar-refractivity contribution < 1.29 is 139 Å². The van der Waals surface area contributed by atoms with E-state index in [1.807, 2.05) is 0 Å². The topological polar surface area (TPSA) is 449 Å². The normalized spacial score (nSPS) is 10.5. The second-order valence-electron chi connectivity index (χ2n) is 2.34. The molecule has 0 bridgehead atoms. The molecule has 0 amide bonds. The molecule has 0 saturated heterocycles. The van der Waals surface area contributed by atoms with Gasteiger partial charge >= 0.3 is 37.1 Å². The van der Waals surface area contributed by atoms with Gasteiger partial charge in [-0.05, 0) is 0 Å². The van der Waals surface area contributed by atoms with Crippen LogP contribution >= 0.6 is 39.1 Å². The first-order valence-electron chi connectivity index (χ1n) is 3.74. The fourth-order valence-corrected chi connectivity index (χ4v) is 0. The van der Waals surface area contributed by atoms with Crippen molar-refractivity contribution in [1.29, 1.82) is 0 Å². The fourth-order valence-electron chi connectivity index (χ4n) is 0. The molecule has 0 rings (SSSR count). The minimum Gasteiger partial charge on any atom is -0.790 e. The Kier molecular flexibility index (Phi) is 40.6. The standard InChI is InChI=1S/5H3O4P.H2O.2V/c5*1-5(2,3)4;;;/h5*(H3,1,2,3,4);1H2;;/q;;;;;;2*+5/p-10. The minimum atomic E-state index is -5.14. The average Bonchev–Trinajstić information content (AvgIpc) is 1.79. The Bertz CT molecular complexity index is 376. The van der Waals surface area contributed by atoms with Crippen LogP contribution < -0.4 is 48.9 Å². The number of phosphoric acid groups is 5. The van der Waals surface area contributed by atoms with Gasteiger partial charge in [0.1, 0.15) is 0 Å². The molecule has 28 heavy (non-hydrogen) atoms. The van der Waals surface area contributed by atoms with Crippen LogP contribution in [0.15, 0.2) is 0 Å². The van der Waals surface area contributed by atoms with Crippen molar-refractivity contribution in [3.63, 3.8) is 0 Å². The summed E-state index contributed by atoms with van der Waals surface area (Å²) in [6.45, 7) is 0. The van der Waals surface area contributed by atoms with Crippen molar-refractivity contribution in [2.24, 2.45) is 0 Å². The van der Waals surface area contributed by atoms with Gasteiger partial charge in [-0.3, -0.25) is 0 Å². The van der Waals surface area contributed by atoms with E-state index in [1.54, 1.807) is 0 Å². The van der Waals surface area contributed by atoms with E-state index in [1.165, 1.54) is 0 Å². The Morgan fingerprint density at radius 2 is 0.357 bits per heavy atom. The third-order valence-electron chi connectivity index (χ3n) is 0. The Morgan fingerprint density at radius 1 is 0.357 bits per heavy atom. The molecule has 0 aliphatic carbocycles. The van der Waals surface area contributed by atoms with E-state index in [2.05, 4.69) is 0 Å². The van der Waals surface area contributed by atoms with Crippen LogP contribution in [0.1, 0.15) is 0 Å². The largest absolute Gasteiger partial charge is 5.00 e. The summed E-state index contributed by atoms with van der Waals surface area (Å²) in [5.74, 6) is 0. The fraction of sp³-hybridized carbons (Fsp3) is 0. The Hall–Kier alpha value is 1.68. The van der Waals surface area contributed by atoms with Crippen LogP contribution in [-0.4, -0.2) is 29.9 Å². The molecule has 0 aliphatic rings. The van der Waals surface area contributed by atoms with Crippen molar-refractivity contribution in [3.05, 3.63) is 0 Å². The second kappa shape index (κ2) is 21.9. The number of hydrogen-bond donors (Lipinski definition) is 5. The van der Waals surface area contributed by atoms with Crippen molar-refractivity contribution in [1.82, 2.24) is 0 Å². The molecule has 168 valence electrons. The molecule has 0 atom stereocenters. The van der Waals surface area contributed by atoms with Gasteiger partial charge in [-0.25, -0.2) is 0 Å². The molecule has 0 saturated carbocycles. The molecule has 0 unspecified atom stereocenters.